The fourth-order valence-electron chi connectivity index (χ4n) is 4.95. The molecule has 0 bridgehead atoms. The van der Waals surface area contributed by atoms with Gasteiger partial charge in [0.2, 0.25) is 0 Å². The molecule has 0 saturated heterocycles. The molecule has 0 aliphatic rings. The first kappa shape index (κ1) is 25.4. The second kappa shape index (κ2) is 13.7. The molecular weight excluding hydrogens is 768 g/mol. The van der Waals surface area contributed by atoms with Crippen molar-refractivity contribution in [2.45, 2.75) is 33.3 Å². The third kappa shape index (κ3) is 7.05. The first-order chi connectivity index (χ1) is 23.6. The Balaban J connectivity index is 0.000000211. The van der Waals surface area contributed by atoms with Gasteiger partial charge in [-0.3, -0.25) is 4.39 Å². The van der Waals surface area contributed by atoms with Crippen molar-refractivity contribution in [3.63, 3.8) is 0 Å². The average molecular weight is 807 g/mol. The maximum atomic E-state index is 14.7. The average Bonchev–Trinajstić information content (AvgIpc) is 3.48. The Hall–Kier alpha value is -3.80. The molecule has 0 atom stereocenters. The zero-order valence-electron chi connectivity index (χ0n) is 30.9. The largest absolute Gasteiger partial charge is 0.305 e. The van der Waals surface area contributed by atoms with Gasteiger partial charge in [-0.05, 0) is 61.7 Å². The van der Waals surface area contributed by atoms with Gasteiger partial charge in [0, 0.05) is 51.2 Å². The zero-order valence-corrected chi connectivity index (χ0v) is 29.1. The molecule has 7 rings (SSSR count). The summed E-state index contributed by atoms with van der Waals surface area (Å²) in [4.78, 5) is 8.91. The molecule has 1 radical (unpaired) electrons. The standard InChI is InChI=1S/C24H15FNS.C15H18NSi.Ir/c1-15-14-26-21(13-19(15)16-7-3-2-4-8-16)17-11-12-20(25)23-18-9-5-6-10-22(18)27-24(17)23;1-12-5-7-13(8-6-12)15-10-9-14(11-16-15)17(2,3)4;/h2-10,12-14H,1H3;5-7,9-11H,1-4H3;/q2*-1;/i2*1D3;. The number of pyridine rings is 2. The molecular formula is C39H33FIrN2SSi-2. The van der Waals surface area contributed by atoms with Gasteiger partial charge in [-0.25, -0.2) is 0 Å². The summed E-state index contributed by atoms with van der Waals surface area (Å²) in [5.41, 5.74) is 4.76. The zero-order chi connectivity index (χ0) is 35.8. The van der Waals surface area contributed by atoms with E-state index in [1.54, 1.807) is 18.2 Å². The summed E-state index contributed by atoms with van der Waals surface area (Å²) in [6, 6.07) is 35.2. The fraction of sp³-hybridized carbons (Fsp3) is 0.128. The molecule has 0 aliphatic heterocycles. The monoisotopic (exact) mass is 807 g/mol. The number of benzene rings is 4. The van der Waals surface area contributed by atoms with E-state index >= 15 is 0 Å². The minimum absolute atomic E-state index is 0. The van der Waals surface area contributed by atoms with E-state index in [0.29, 0.717) is 27.8 Å². The van der Waals surface area contributed by atoms with Crippen LogP contribution in [0.4, 0.5) is 4.39 Å². The molecule has 4 aromatic carbocycles. The van der Waals surface area contributed by atoms with Gasteiger partial charge in [-0.15, -0.1) is 53.1 Å². The van der Waals surface area contributed by atoms with Crippen LogP contribution in [0.3, 0.4) is 0 Å². The van der Waals surface area contributed by atoms with E-state index in [0.717, 1.165) is 31.6 Å². The van der Waals surface area contributed by atoms with Gasteiger partial charge in [0.15, 0.2) is 0 Å². The number of hydrogen-bond donors (Lipinski definition) is 0. The first-order valence-electron chi connectivity index (χ1n) is 17.2. The SMILES string of the molecule is [2H]C([2H])([2H])c1c[c-]c(-c2ccc([Si](C)(C)C)cn2)cc1.[2H]C([2H])([2H])c1cnc(-c2[c-]cc(F)c3c2sc2ccccc23)cc1-c1ccccc1.[Ir]. The molecule has 0 unspecified atom stereocenters. The maximum Gasteiger partial charge on any atom is 0.0795 e. The van der Waals surface area contributed by atoms with Crippen molar-refractivity contribution in [1.82, 2.24) is 9.97 Å². The number of rotatable bonds is 4. The third-order valence-corrected chi connectivity index (χ3v) is 10.6. The smallest absolute Gasteiger partial charge is 0.0795 e. The number of aryl methyl sites for hydroxylation is 2. The Kier molecular flexibility index (Phi) is 7.72. The number of thiophene rings is 1. The molecule has 0 fully saturated rings. The predicted molar refractivity (Wildman–Crippen MR) is 188 cm³/mol. The van der Waals surface area contributed by atoms with E-state index < -0.39 is 21.8 Å². The number of aromatic nitrogens is 2. The van der Waals surface area contributed by atoms with Gasteiger partial charge in [-0.1, -0.05) is 93.2 Å². The van der Waals surface area contributed by atoms with Crippen LogP contribution in [0, 0.1) is 31.7 Å². The minimum Gasteiger partial charge on any atom is -0.305 e. The van der Waals surface area contributed by atoms with Crippen LogP contribution in [0.1, 0.15) is 19.4 Å². The van der Waals surface area contributed by atoms with Gasteiger partial charge in [0.1, 0.15) is 0 Å². The molecule has 7 aromatic rings. The third-order valence-electron chi connectivity index (χ3n) is 7.37. The van der Waals surface area contributed by atoms with E-state index in [2.05, 4.69) is 47.8 Å². The van der Waals surface area contributed by atoms with Gasteiger partial charge in [0.25, 0.3) is 0 Å². The van der Waals surface area contributed by atoms with Crippen molar-refractivity contribution in [2.24, 2.45) is 0 Å². The van der Waals surface area contributed by atoms with Crippen LogP contribution >= 0.6 is 11.3 Å². The summed E-state index contributed by atoms with van der Waals surface area (Å²) in [7, 11) is -1.34. The Morgan fingerprint density at radius 2 is 1.58 bits per heavy atom. The van der Waals surface area contributed by atoms with E-state index in [1.165, 1.54) is 34.9 Å². The van der Waals surface area contributed by atoms with Crippen molar-refractivity contribution < 1.29 is 32.7 Å². The number of nitrogens with zero attached hydrogens (tertiary/aromatic N) is 2. The molecule has 0 N–H and O–H groups in total. The van der Waals surface area contributed by atoms with Crippen molar-refractivity contribution in [3.8, 4) is 33.6 Å². The maximum absolute atomic E-state index is 14.7. The van der Waals surface area contributed by atoms with E-state index in [9.17, 15) is 4.39 Å². The van der Waals surface area contributed by atoms with Crippen LogP contribution in [0.25, 0.3) is 53.8 Å². The van der Waals surface area contributed by atoms with Crippen LogP contribution in [0.15, 0.2) is 109 Å². The Labute approximate surface area is 291 Å². The fourth-order valence-corrected chi connectivity index (χ4v) is 7.21. The normalized spacial score (nSPS) is 13.7. The molecule has 2 nitrogen and oxygen atoms in total. The predicted octanol–water partition coefficient (Wildman–Crippen LogP) is 10.4. The molecule has 3 aromatic heterocycles. The van der Waals surface area contributed by atoms with Gasteiger partial charge >= 0.3 is 0 Å². The molecule has 0 spiro atoms. The summed E-state index contributed by atoms with van der Waals surface area (Å²) >= 11 is 1.49. The van der Waals surface area contributed by atoms with E-state index in [-0.39, 0.29) is 31.5 Å². The van der Waals surface area contributed by atoms with Gasteiger partial charge in [-0.2, -0.15) is 11.3 Å². The summed E-state index contributed by atoms with van der Waals surface area (Å²) in [6.07, 6.45) is 3.33. The van der Waals surface area contributed by atoms with Crippen LogP contribution in [-0.4, -0.2) is 18.0 Å². The van der Waals surface area contributed by atoms with Crippen LogP contribution in [-0.2, 0) is 20.1 Å². The molecule has 0 saturated carbocycles. The number of halogens is 1. The first-order valence-corrected chi connectivity index (χ1v) is 18.5. The minimum atomic E-state index is -2.30. The van der Waals surface area contributed by atoms with E-state index in [4.69, 9.17) is 8.22 Å². The summed E-state index contributed by atoms with van der Waals surface area (Å²) in [5.74, 6) is -0.325. The number of fused-ring (bicyclic) bond motifs is 3. The topological polar surface area (TPSA) is 25.8 Å². The molecule has 6 heteroatoms. The molecule has 3 heterocycles. The van der Waals surface area contributed by atoms with Gasteiger partial charge in [0.05, 0.1) is 8.07 Å². The van der Waals surface area contributed by atoms with Crippen LogP contribution in [0.2, 0.25) is 19.6 Å². The Morgan fingerprint density at radius 3 is 2.27 bits per heavy atom. The second-order valence-electron chi connectivity index (χ2n) is 11.5. The molecule has 0 amide bonds. The summed E-state index contributed by atoms with van der Waals surface area (Å²) < 4.78 is 62.2. The molecule has 45 heavy (non-hydrogen) atoms. The van der Waals surface area contributed by atoms with Crippen molar-refractivity contribution >= 4 is 44.8 Å². The Bertz CT molecular complexity index is 2230. The van der Waals surface area contributed by atoms with Crippen LogP contribution < -0.4 is 5.19 Å². The summed E-state index contributed by atoms with van der Waals surface area (Å²) in [6.45, 7) is 2.46. The second-order valence-corrected chi connectivity index (χ2v) is 17.6. The summed E-state index contributed by atoms with van der Waals surface area (Å²) in [5, 5.41) is 2.71. The van der Waals surface area contributed by atoms with Crippen molar-refractivity contribution in [3.05, 3.63) is 139 Å². The number of hydrogen-bond acceptors (Lipinski definition) is 3. The van der Waals surface area contributed by atoms with Crippen molar-refractivity contribution in [2.75, 3.05) is 0 Å². The van der Waals surface area contributed by atoms with E-state index in [1.807, 2.05) is 66.9 Å². The Morgan fingerprint density at radius 1 is 0.800 bits per heavy atom. The quantitative estimate of drug-likeness (QED) is 0.131. The van der Waals surface area contributed by atoms with Crippen LogP contribution in [0.5, 0.6) is 0 Å². The van der Waals surface area contributed by atoms with Crippen molar-refractivity contribution in [1.29, 1.82) is 0 Å². The molecule has 0 aliphatic carbocycles. The molecule has 227 valence electrons. The van der Waals surface area contributed by atoms with Gasteiger partial charge < -0.3 is 9.97 Å².